The molecule has 0 spiro atoms. The van der Waals surface area contributed by atoms with Crippen LogP contribution in [-0.4, -0.2) is 4.57 Å². The fourth-order valence-corrected chi connectivity index (χ4v) is 9.37. The van der Waals surface area contributed by atoms with Gasteiger partial charge >= 0.3 is 0 Å². The van der Waals surface area contributed by atoms with E-state index in [2.05, 4.69) is 164 Å². The lowest BCUT2D eigenvalue weighted by molar-refractivity contribution is 0.653. The van der Waals surface area contributed by atoms with Crippen LogP contribution in [0.4, 0.5) is 0 Å². The Morgan fingerprint density at radius 3 is 1.80 bits per heavy atom. The summed E-state index contributed by atoms with van der Waals surface area (Å²) in [7, 11) is 0. The molecule has 254 valence electrons. The average molecular weight is 692 g/mol. The van der Waals surface area contributed by atoms with Gasteiger partial charge in [0, 0.05) is 54.5 Å². The van der Waals surface area contributed by atoms with E-state index in [1.165, 1.54) is 66.0 Å². The van der Waals surface area contributed by atoms with Crippen LogP contribution >= 0.6 is 0 Å². The molecule has 8 aromatic carbocycles. The summed E-state index contributed by atoms with van der Waals surface area (Å²) in [5, 5.41) is 7.12. The predicted molar refractivity (Wildman–Crippen MR) is 224 cm³/mol. The first-order valence-electron chi connectivity index (χ1n) is 18.7. The Morgan fingerprint density at radius 2 is 1.00 bits per heavy atom. The summed E-state index contributed by atoms with van der Waals surface area (Å²) in [6.45, 7) is 4.69. The summed E-state index contributed by atoms with van der Waals surface area (Å²) >= 11 is 0. The molecule has 54 heavy (non-hydrogen) atoms. The lowest BCUT2D eigenvalue weighted by Crippen LogP contribution is -2.14. The Morgan fingerprint density at radius 1 is 0.407 bits per heavy atom. The van der Waals surface area contributed by atoms with E-state index in [9.17, 15) is 0 Å². The van der Waals surface area contributed by atoms with Gasteiger partial charge in [0.1, 0.15) is 22.3 Å². The van der Waals surface area contributed by atoms with Gasteiger partial charge in [0.2, 0.25) is 0 Å². The van der Waals surface area contributed by atoms with Crippen LogP contribution in [0.25, 0.3) is 105 Å². The van der Waals surface area contributed by atoms with E-state index >= 15 is 0 Å². The SMILES string of the molecule is CC1(C)c2cc(-c3ccc4c5ccccc5n(-c5ccc(-c6cccc7c6oc6ccccc67)cc5)c4c3)ccc2-c2c1ccc1c2oc2ccccc21. The summed E-state index contributed by atoms with van der Waals surface area (Å²) in [6.07, 6.45) is 0. The maximum absolute atomic E-state index is 6.55. The summed E-state index contributed by atoms with van der Waals surface area (Å²) in [4.78, 5) is 0. The number of benzene rings is 8. The molecule has 3 heterocycles. The normalized spacial score (nSPS) is 13.5. The number of para-hydroxylation sites is 4. The number of aromatic nitrogens is 1. The quantitative estimate of drug-likeness (QED) is 0.185. The fraction of sp³-hybridized carbons (Fsp3) is 0.0588. The Bertz CT molecular complexity index is 3350. The van der Waals surface area contributed by atoms with E-state index < -0.39 is 0 Å². The molecule has 0 unspecified atom stereocenters. The maximum atomic E-state index is 6.55. The van der Waals surface area contributed by atoms with Crippen LogP contribution < -0.4 is 0 Å². The van der Waals surface area contributed by atoms with Crippen molar-refractivity contribution >= 4 is 65.7 Å². The van der Waals surface area contributed by atoms with Crippen LogP contribution in [0.1, 0.15) is 25.0 Å². The number of furan rings is 2. The van der Waals surface area contributed by atoms with Gasteiger partial charge < -0.3 is 13.4 Å². The topological polar surface area (TPSA) is 31.2 Å². The molecule has 0 amide bonds. The van der Waals surface area contributed by atoms with Gasteiger partial charge in [0.05, 0.1) is 11.0 Å². The van der Waals surface area contributed by atoms with E-state index in [0.29, 0.717) is 0 Å². The highest BCUT2D eigenvalue weighted by atomic mass is 16.3. The monoisotopic (exact) mass is 691 g/mol. The van der Waals surface area contributed by atoms with Gasteiger partial charge in [-0.2, -0.15) is 0 Å². The summed E-state index contributed by atoms with van der Waals surface area (Å²) < 4.78 is 15.3. The van der Waals surface area contributed by atoms with E-state index in [1.807, 2.05) is 18.2 Å². The lowest BCUT2D eigenvalue weighted by atomic mass is 9.81. The molecule has 3 nitrogen and oxygen atoms in total. The molecule has 0 aliphatic heterocycles. The average Bonchev–Trinajstić information content (AvgIpc) is 3.94. The predicted octanol–water partition coefficient (Wildman–Crippen LogP) is 14.2. The van der Waals surface area contributed by atoms with Crippen LogP contribution in [-0.2, 0) is 5.41 Å². The standard InChI is InChI=1S/C51H33NO2/c1-51(2)42-27-26-40-38-12-5-8-17-47(38)54-50(40)48(42)41-25-21-31(28-43(41)51)32-20-24-36-35-10-3-6-15-44(35)52(45(36)29-32)33-22-18-30(19-23-33)34-13-9-14-39-37-11-4-7-16-46(37)53-49(34)39/h3-29H,1-2H3. The maximum Gasteiger partial charge on any atom is 0.143 e. The minimum atomic E-state index is -0.165. The van der Waals surface area contributed by atoms with Gasteiger partial charge in [-0.1, -0.05) is 135 Å². The molecule has 3 aromatic heterocycles. The van der Waals surface area contributed by atoms with Crippen LogP contribution in [0.15, 0.2) is 173 Å². The molecule has 3 heteroatoms. The van der Waals surface area contributed by atoms with Gasteiger partial charge in [-0.15, -0.1) is 0 Å². The first kappa shape index (κ1) is 29.7. The van der Waals surface area contributed by atoms with Gasteiger partial charge in [0.15, 0.2) is 0 Å². The van der Waals surface area contributed by atoms with E-state index in [4.69, 9.17) is 8.83 Å². The largest absolute Gasteiger partial charge is 0.455 e. The van der Waals surface area contributed by atoms with Crippen molar-refractivity contribution in [2.24, 2.45) is 0 Å². The van der Waals surface area contributed by atoms with Gasteiger partial charge in [0.25, 0.3) is 0 Å². The van der Waals surface area contributed by atoms with Crippen molar-refractivity contribution in [3.05, 3.63) is 175 Å². The molecular formula is C51H33NO2. The zero-order valence-corrected chi connectivity index (χ0v) is 29.9. The van der Waals surface area contributed by atoms with Crippen LogP contribution in [0.5, 0.6) is 0 Å². The highest BCUT2D eigenvalue weighted by Crippen LogP contribution is 2.53. The third-order valence-electron chi connectivity index (χ3n) is 12.0. The van der Waals surface area contributed by atoms with Crippen LogP contribution in [0.2, 0.25) is 0 Å². The number of nitrogens with zero attached hydrogens (tertiary/aromatic N) is 1. The zero-order valence-electron chi connectivity index (χ0n) is 29.9. The van der Waals surface area contributed by atoms with Crippen molar-refractivity contribution in [1.29, 1.82) is 0 Å². The molecule has 1 aliphatic rings. The first-order valence-corrected chi connectivity index (χ1v) is 18.7. The number of hydrogen-bond acceptors (Lipinski definition) is 2. The third-order valence-corrected chi connectivity index (χ3v) is 12.0. The Kier molecular flexibility index (Phi) is 5.84. The molecular weight excluding hydrogens is 659 g/mol. The Hall–Kier alpha value is -6.84. The highest BCUT2D eigenvalue weighted by molar-refractivity contribution is 6.13. The van der Waals surface area contributed by atoms with Gasteiger partial charge in [-0.3, -0.25) is 0 Å². The number of hydrogen-bond donors (Lipinski definition) is 0. The third kappa shape index (κ3) is 3.96. The Balaban J connectivity index is 0.991. The van der Waals surface area contributed by atoms with Crippen molar-refractivity contribution in [3.63, 3.8) is 0 Å². The summed E-state index contributed by atoms with van der Waals surface area (Å²) in [5.41, 5.74) is 16.9. The molecule has 0 saturated carbocycles. The second-order valence-electron chi connectivity index (χ2n) is 15.3. The van der Waals surface area contributed by atoms with Gasteiger partial charge in [-0.05, 0) is 75.8 Å². The van der Waals surface area contributed by atoms with E-state index in [0.717, 1.165) is 49.9 Å². The molecule has 0 N–H and O–H groups in total. The molecule has 11 aromatic rings. The molecule has 0 saturated heterocycles. The molecule has 12 rings (SSSR count). The molecule has 0 atom stereocenters. The second kappa shape index (κ2) is 10.6. The summed E-state index contributed by atoms with van der Waals surface area (Å²) in [5.74, 6) is 0. The van der Waals surface area contributed by atoms with E-state index in [-0.39, 0.29) is 5.41 Å². The molecule has 0 fully saturated rings. The zero-order chi connectivity index (χ0) is 35.7. The van der Waals surface area contributed by atoms with E-state index in [1.54, 1.807) is 0 Å². The van der Waals surface area contributed by atoms with Crippen molar-refractivity contribution in [2.45, 2.75) is 19.3 Å². The van der Waals surface area contributed by atoms with Gasteiger partial charge in [-0.25, -0.2) is 0 Å². The number of rotatable bonds is 3. The van der Waals surface area contributed by atoms with Crippen molar-refractivity contribution < 1.29 is 8.83 Å². The molecule has 1 aliphatic carbocycles. The second-order valence-corrected chi connectivity index (χ2v) is 15.3. The molecule has 0 radical (unpaired) electrons. The minimum absolute atomic E-state index is 0.165. The lowest BCUT2D eigenvalue weighted by Gasteiger charge is -2.22. The minimum Gasteiger partial charge on any atom is -0.455 e. The van der Waals surface area contributed by atoms with Crippen molar-refractivity contribution in [1.82, 2.24) is 4.57 Å². The smallest absolute Gasteiger partial charge is 0.143 e. The van der Waals surface area contributed by atoms with Crippen LogP contribution in [0, 0.1) is 0 Å². The first-order chi connectivity index (χ1) is 26.5. The molecule has 0 bridgehead atoms. The number of fused-ring (bicyclic) bond motifs is 13. The fourth-order valence-electron chi connectivity index (χ4n) is 9.37. The van der Waals surface area contributed by atoms with Crippen LogP contribution in [0.3, 0.4) is 0 Å². The summed E-state index contributed by atoms with van der Waals surface area (Å²) in [6, 6.07) is 59.2. The Labute approximate surface area is 311 Å². The highest BCUT2D eigenvalue weighted by Gasteiger charge is 2.38. The van der Waals surface area contributed by atoms with Crippen molar-refractivity contribution in [2.75, 3.05) is 0 Å². The van der Waals surface area contributed by atoms with Crippen molar-refractivity contribution in [3.8, 4) is 39.1 Å².